The maximum absolute atomic E-state index is 12.4. The molecule has 0 radical (unpaired) electrons. The third kappa shape index (κ3) is 55.5. The van der Waals surface area contributed by atoms with Gasteiger partial charge in [0.2, 0.25) is 38.2 Å². The number of methoxy groups -OCH3 is 6. The smallest absolute Gasteiger partial charge is 0.857 e. The molecule has 0 aliphatic heterocycles. The molecule has 0 aliphatic rings. The fourth-order valence-corrected chi connectivity index (χ4v) is 13.1. The number of aromatic hydroxyl groups is 1. The number of hydrogen-bond acceptors (Lipinski definition) is 36. The molecular formula is C87H127BBrCl4IN16NaO24PS6. The van der Waals surface area contributed by atoms with Crippen LogP contribution in [0.25, 0.3) is 33.8 Å². The maximum Gasteiger partial charge on any atom is 1.00 e. The minimum absolute atomic E-state index is 0. The Hall–Kier alpha value is -8.84. The van der Waals surface area contributed by atoms with E-state index >= 15 is 0 Å². The van der Waals surface area contributed by atoms with Gasteiger partial charge in [0.1, 0.15) is 11.6 Å². The standard InChI is InChI=1S/C20H21N3O6S.C12H13N3O2S.C11H11N3O2S.C9H11BrO2.C7H12O4.C6H8BNO3.C6H7ClN2OS.C6H8N2O2S.C2H6N2S.CH3I.CH3O.6CH4.Cl3OP.Na/c1-22-19(25)10-15(21-20(22)30(4,26)27)14-6-8-18(24)23(12-14)11-13-5-7-16(28-2)17(9-13)29-3;1-15-11(16)6-9(14-12(15)18-3)8-4-5-10(17-2)13-7-8;1-14-10(16)5-8(13-11(14)17-2)7-3-4-9(15)12-6-7;1-11-8-4-3-7(6-10)5-9(8)12-2;1-3-10-6(8)5-7(9)11-4-2;1-11-6-3-2-5(4-8-6)7(9)10;1-9-5(10)3-4(7)8-6(9)11-2;1-8-5(10)3-4(9)7-6(8)11-2;1-4-2(3)5;2*1-2;;;;;;;1-5(2,3)4;/h5-10,12H,11H2,1-4H3;4-7H,1-3H3;3-6H,1-2H3,(H,12,15);3-5H,6H2,1-2H3;3-5H2,1-2H3;2-4,9-10H,1H3;3H,1-2H3;3,9H,1-2H3;1H3,(H3,3,4,5);2*1H3;6*1H4;;/q;;;;;;;;;;-1;;;;;;;;+1. The number of nitrogens with zero attached hydrogens (tertiary/aromatic N) is 13. The number of H-pyrrole nitrogens is 1. The van der Waals surface area contributed by atoms with Crippen LogP contribution in [-0.2, 0) is 80.6 Å². The number of nitrogens with one attached hydrogen (secondary N) is 2. The van der Waals surface area contributed by atoms with Crippen molar-refractivity contribution in [3.63, 3.8) is 0 Å². The summed E-state index contributed by atoms with van der Waals surface area (Å²) >= 11 is 34.8. The molecule has 7 N–H and O–H groups in total. The summed E-state index contributed by atoms with van der Waals surface area (Å²) in [5, 5.41) is 37.3. The van der Waals surface area contributed by atoms with Gasteiger partial charge in [0, 0.05) is 143 Å². The number of thiocarbonyl (C=S) groups is 1. The van der Waals surface area contributed by atoms with E-state index in [2.05, 4.69) is 139 Å². The van der Waals surface area contributed by atoms with Crippen LogP contribution in [0.5, 0.6) is 40.6 Å². The first-order valence-corrected chi connectivity index (χ1v) is 53.1. The Kier molecular flexibility index (Phi) is 83.1. The van der Waals surface area contributed by atoms with Crippen molar-refractivity contribution in [2.24, 2.45) is 41.0 Å². The minimum atomic E-state index is -3.71. The molecule has 786 valence electrons. The number of carbonyl (C=O) groups is 2. The van der Waals surface area contributed by atoms with Crippen molar-refractivity contribution in [1.29, 1.82) is 0 Å². The molecule has 55 heteroatoms. The first-order chi connectivity index (χ1) is 63.7. The van der Waals surface area contributed by atoms with E-state index in [4.69, 9.17) is 66.0 Å². The molecule has 0 atom stereocenters. The number of carbonyl (C=O) groups excluding carboxylic acids is 2. The number of benzene rings is 2. The normalized spacial score (nSPS) is 9.48. The van der Waals surface area contributed by atoms with Gasteiger partial charge in [0.25, 0.3) is 33.4 Å². The van der Waals surface area contributed by atoms with Crippen molar-refractivity contribution in [2.75, 3.05) is 106 Å². The van der Waals surface area contributed by atoms with Gasteiger partial charge < -0.3 is 78.8 Å². The third-order valence-electron chi connectivity index (χ3n) is 15.9. The van der Waals surface area contributed by atoms with E-state index in [-0.39, 0.29) is 156 Å². The molecule has 11 rings (SSSR count). The molecule has 0 amide bonds. The van der Waals surface area contributed by atoms with Gasteiger partial charge in [-0.2, -0.15) is 12.1 Å². The van der Waals surface area contributed by atoms with Crippen LogP contribution in [0.3, 0.4) is 0 Å². The van der Waals surface area contributed by atoms with Crippen molar-refractivity contribution in [1.82, 2.24) is 72.6 Å². The number of sulfone groups is 1. The van der Waals surface area contributed by atoms with Crippen molar-refractivity contribution in [3.8, 4) is 74.4 Å². The molecule has 9 heterocycles. The Morgan fingerprint density at radius 2 is 0.923 bits per heavy atom. The van der Waals surface area contributed by atoms with Gasteiger partial charge in [0.05, 0.1) is 85.6 Å². The number of aromatic nitrogens is 14. The summed E-state index contributed by atoms with van der Waals surface area (Å²) in [5.41, 5.74) is 9.00. The van der Waals surface area contributed by atoms with Gasteiger partial charge in [-0.05, 0) is 149 Å². The van der Waals surface area contributed by atoms with Crippen LogP contribution in [0.4, 0.5) is 0 Å². The number of alkyl halides is 2. The molecule has 0 aliphatic carbocycles. The average Bonchev–Trinajstić information content (AvgIpc) is 0.786. The molecule has 0 bridgehead atoms. The van der Waals surface area contributed by atoms with Gasteiger partial charge in [-0.1, -0.05) is 160 Å². The zero-order valence-electron chi connectivity index (χ0n) is 77.9. The second-order valence-corrected chi connectivity index (χ2v) is 37.9. The molecule has 2 aromatic carbocycles. The van der Waals surface area contributed by atoms with Crippen LogP contribution in [-0.4, -0.2) is 221 Å². The van der Waals surface area contributed by atoms with Gasteiger partial charge >= 0.3 is 53.8 Å². The number of esters is 2. The topological polar surface area (TPSA) is 536 Å². The summed E-state index contributed by atoms with van der Waals surface area (Å²) in [5.74, 6) is 2.33. The molecule has 0 saturated carbocycles. The first kappa shape index (κ1) is 148. The Bertz CT molecular complexity index is 6120. The van der Waals surface area contributed by atoms with Crippen molar-refractivity contribution >= 4 is 188 Å². The molecule has 0 unspecified atom stereocenters. The average molecular weight is 2390 g/mol. The van der Waals surface area contributed by atoms with E-state index in [1.807, 2.05) is 48.0 Å². The molecule has 11 aromatic rings. The fourth-order valence-electron chi connectivity index (χ4n) is 9.43. The van der Waals surface area contributed by atoms with Crippen LogP contribution in [0.2, 0.25) is 5.15 Å². The van der Waals surface area contributed by atoms with Gasteiger partial charge in [-0.25, -0.2) is 38.3 Å². The number of thioether (sulfide) groups is 4. The van der Waals surface area contributed by atoms with Crippen molar-refractivity contribution < 1.29 is 110 Å². The SMILES string of the molecule is C.C.C.C.C.C.CCOC(=O)CC(=O)OCC.CI.CNC(N)=S.COc1ccc(-c2cc(=O)n(C)c(SC)n2)cn1.COc1ccc(B(O)O)cn1.COc1ccc(CBr)cc1OC.COc1ccc(Cn2cc(-c3cc(=O)n(C)c(S(C)(=O)=O)n3)ccc2=O)cc1OC.CSc1nc(-c2ccc(=O)[nH]c2)cc(=O)n1C.CSc1nc(Cl)cc(=O)n1C.CSc1nc(O)cc(=O)n1C.C[O-].O=P(Cl)(Cl)Cl.[Na+]. The summed E-state index contributed by atoms with van der Waals surface area (Å²) in [6, 6.07) is 30.3. The summed E-state index contributed by atoms with van der Waals surface area (Å²) < 4.78 is 81.2. The zero-order valence-corrected chi connectivity index (χ0v) is 92.4. The minimum Gasteiger partial charge on any atom is -0.857 e. The number of rotatable bonds is 22. The van der Waals surface area contributed by atoms with Crippen LogP contribution in [0.15, 0.2) is 199 Å². The largest absolute Gasteiger partial charge is 1.00 e. The van der Waals surface area contributed by atoms with Crippen LogP contribution >= 0.6 is 148 Å². The van der Waals surface area contributed by atoms with Crippen molar-refractivity contribution in [3.05, 3.63) is 229 Å². The molecule has 0 saturated heterocycles. The van der Waals surface area contributed by atoms with E-state index in [1.165, 1.54) is 165 Å². The van der Waals surface area contributed by atoms with Crippen molar-refractivity contribution in [2.45, 2.75) is 102 Å². The number of ether oxygens (including phenoxy) is 8. The van der Waals surface area contributed by atoms with E-state index in [0.717, 1.165) is 57.5 Å². The van der Waals surface area contributed by atoms with Crippen LogP contribution in [0.1, 0.15) is 76.0 Å². The molecule has 0 spiro atoms. The van der Waals surface area contributed by atoms with Gasteiger partial charge in [-0.3, -0.25) is 70.6 Å². The molecule has 0 fully saturated rings. The summed E-state index contributed by atoms with van der Waals surface area (Å²) in [7, 11) is 14.6. The number of aromatic amines is 1. The summed E-state index contributed by atoms with van der Waals surface area (Å²) in [6.07, 6.45) is 14.2. The Morgan fingerprint density at radius 3 is 1.29 bits per heavy atom. The van der Waals surface area contributed by atoms with Gasteiger partial charge in [0.15, 0.2) is 48.7 Å². The number of hydrogen-bond donors (Lipinski definition) is 6. The van der Waals surface area contributed by atoms with E-state index < -0.39 is 39.7 Å². The zero-order chi connectivity index (χ0) is 103. The van der Waals surface area contributed by atoms with E-state index in [9.17, 15) is 56.1 Å². The number of halogens is 6. The number of nitrogens with two attached hydrogens (primary N) is 1. The molecule has 40 nitrogen and oxygen atoms in total. The molecular weight excluding hydrogens is 2260 g/mol. The third-order valence-corrected chi connectivity index (χ3v) is 20.9. The molecule has 9 aromatic heterocycles. The second-order valence-electron chi connectivity index (χ2n) is 24.8. The quantitative estimate of drug-likeness (QED) is 0.00351. The second kappa shape index (κ2) is 79.5. The Morgan fingerprint density at radius 1 is 0.549 bits per heavy atom. The van der Waals surface area contributed by atoms with Crippen LogP contribution in [0, 0.1) is 0 Å². The van der Waals surface area contributed by atoms with Gasteiger partial charge in [-0.15, -0.1) is 0 Å². The van der Waals surface area contributed by atoms with E-state index in [0.29, 0.717) is 71.4 Å². The predicted octanol–water partition coefficient (Wildman–Crippen LogP) is 9.85. The fraction of sp³-hybridized carbons (Fsp3) is 0.368. The molecule has 142 heavy (non-hydrogen) atoms. The Balaban J connectivity index is -0.000000240. The van der Waals surface area contributed by atoms with E-state index in [1.54, 1.807) is 125 Å². The maximum atomic E-state index is 12.4. The monoisotopic (exact) mass is 2380 g/mol. The summed E-state index contributed by atoms with van der Waals surface area (Å²) in [4.78, 5) is 135. The first-order valence-electron chi connectivity index (χ1n) is 37.8. The number of pyridine rings is 4. The summed E-state index contributed by atoms with van der Waals surface area (Å²) in [6.45, 7) is 4.18. The van der Waals surface area contributed by atoms with Crippen LogP contribution < -0.4 is 119 Å². The predicted molar refractivity (Wildman–Crippen MR) is 586 cm³/mol. The Labute approximate surface area is 914 Å².